The summed E-state index contributed by atoms with van der Waals surface area (Å²) in [6.07, 6.45) is -2.92. The highest BCUT2D eigenvalue weighted by Crippen LogP contribution is 2.33. The van der Waals surface area contributed by atoms with E-state index in [2.05, 4.69) is 15.3 Å². The number of nitrogens with one attached hydrogen (secondary N) is 1. The minimum Gasteiger partial charge on any atom is -0.496 e. The van der Waals surface area contributed by atoms with Crippen molar-refractivity contribution < 1.29 is 27.4 Å². The smallest absolute Gasteiger partial charge is 0.266 e. The van der Waals surface area contributed by atoms with Crippen LogP contribution < -0.4 is 10.1 Å². The van der Waals surface area contributed by atoms with Gasteiger partial charge in [0.25, 0.3) is 12.3 Å². The Labute approximate surface area is 195 Å². The minimum absolute atomic E-state index is 0.0840. The van der Waals surface area contributed by atoms with Crippen molar-refractivity contribution in [3.8, 4) is 5.75 Å². The maximum Gasteiger partial charge on any atom is 0.266 e. The Bertz CT molecular complexity index is 1190. The summed E-state index contributed by atoms with van der Waals surface area (Å²) in [4.78, 5) is 23.3. The first-order valence-corrected chi connectivity index (χ1v) is 10.6. The van der Waals surface area contributed by atoms with Crippen LogP contribution in [0.3, 0.4) is 0 Å². The average molecular weight is 476 g/mol. The third kappa shape index (κ3) is 5.22. The van der Waals surface area contributed by atoms with Gasteiger partial charge in [-0.2, -0.15) is 0 Å². The number of hydrogen-bond acceptors (Lipinski definition) is 6. The lowest BCUT2D eigenvalue weighted by Gasteiger charge is -2.21. The number of halogens is 3. The van der Waals surface area contributed by atoms with Gasteiger partial charge in [0.2, 0.25) is 0 Å². The van der Waals surface area contributed by atoms with Gasteiger partial charge in [-0.3, -0.25) is 4.79 Å². The molecule has 182 valence electrons. The Hall–Kier alpha value is -3.40. The Balaban J connectivity index is 2.03. The maximum atomic E-state index is 14.7. The van der Waals surface area contributed by atoms with Gasteiger partial charge in [-0.25, -0.2) is 23.1 Å². The Kier molecular flexibility index (Phi) is 7.93. The van der Waals surface area contributed by atoms with E-state index in [1.165, 1.54) is 24.1 Å². The molecule has 1 amide bonds. The van der Waals surface area contributed by atoms with E-state index in [-0.39, 0.29) is 11.5 Å². The van der Waals surface area contributed by atoms with Gasteiger partial charge < -0.3 is 19.7 Å². The van der Waals surface area contributed by atoms with Gasteiger partial charge in [0.1, 0.15) is 23.2 Å². The molecule has 1 atom stereocenters. The Morgan fingerprint density at radius 3 is 2.53 bits per heavy atom. The highest BCUT2D eigenvalue weighted by molar-refractivity contribution is 6.02. The molecule has 0 fully saturated rings. The van der Waals surface area contributed by atoms with Crippen LogP contribution in [0.15, 0.2) is 30.3 Å². The second kappa shape index (κ2) is 10.7. The Morgan fingerprint density at radius 2 is 1.88 bits per heavy atom. The monoisotopic (exact) mass is 476 g/mol. The molecule has 0 saturated carbocycles. The lowest BCUT2D eigenvalue weighted by molar-refractivity contribution is 0.0741. The zero-order chi connectivity index (χ0) is 25.0. The van der Waals surface area contributed by atoms with Crippen molar-refractivity contribution in [2.75, 3.05) is 39.7 Å². The van der Waals surface area contributed by atoms with E-state index >= 15 is 0 Å². The average Bonchev–Trinajstić information content (AvgIpc) is 2.80. The number of hydrogen-bond donors (Lipinski definition) is 1. The zero-order valence-electron chi connectivity index (χ0n) is 19.7. The SMILES string of the molecule is COCCN(C)C(=O)c1cc2nc(C)nc(NC(C)c3cccc(C(F)F)c3F)c2cc1OC. The molecular formula is C24H27F3N4O3. The van der Waals surface area contributed by atoms with E-state index < -0.39 is 23.8 Å². The summed E-state index contributed by atoms with van der Waals surface area (Å²) in [5.74, 6) is -0.129. The van der Waals surface area contributed by atoms with Crippen molar-refractivity contribution in [2.45, 2.75) is 26.3 Å². The van der Waals surface area contributed by atoms with Crippen molar-refractivity contribution in [1.29, 1.82) is 0 Å². The summed E-state index contributed by atoms with van der Waals surface area (Å²) < 4.78 is 51.4. The number of ether oxygens (including phenoxy) is 2. The molecule has 0 aliphatic heterocycles. The molecule has 3 aromatic rings. The molecule has 0 aliphatic rings. The normalized spacial score (nSPS) is 12.1. The third-order valence-corrected chi connectivity index (χ3v) is 5.45. The van der Waals surface area contributed by atoms with Gasteiger partial charge >= 0.3 is 0 Å². The van der Waals surface area contributed by atoms with Crippen LogP contribution >= 0.6 is 0 Å². The highest BCUT2D eigenvalue weighted by atomic mass is 19.3. The number of aryl methyl sites for hydroxylation is 1. The molecule has 3 rings (SSSR count). The third-order valence-electron chi connectivity index (χ3n) is 5.45. The van der Waals surface area contributed by atoms with Gasteiger partial charge in [-0.05, 0) is 26.0 Å². The van der Waals surface area contributed by atoms with Crippen molar-refractivity contribution in [1.82, 2.24) is 14.9 Å². The molecule has 7 nitrogen and oxygen atoms in total. The summed E-state index contributed by atoms with van der Waals surface area (Å²) in [6, 6.07) is 6.47. The van der Waals surface area contributed by atoms with Crippen LogP contribution in [0.4, 0.5) is 19.0 Å². The number of carbonyl (C=O) groups excluding carboxylic acids is 1. The van der Waals surface area contributed by atoms with E-state index in [1.54, 1.807) is 40.1 Å². The van der Waals surface area contributed by atoms with Crippen molar-refractivity contribution in [2.24, 2.45) is 0 Å². The molecule has 10 heteroatoms. The van der Waals surface area contributed by atoms with Crippen LogP contribution in [0.1, 0.15) is 46.7 Å². The van der Waals surface area contributed by atoms with E-state index in [1.807, 2.05) is 0 Å². The van der Waals surface area contributed by atoms with Crippen LogP contribution in [-0.4, -0.2) is 55.2 Å². The second-order valence-electron chi connectivity index (χ2n) is 7.83. The topological polar surface area (TPSA) is 76.6 Å². The van der Waals surface area contributed by atoms with E-state index in [9.17, 15) is 18.0 Å². The molecule has 1 N–H and O–H groups in total. The first kappa shape index (κ1) is 25.2. The molecule has 0 aliphatic carbocycles. The van der Waals surface area contributed by atoms with Crippen LogP contribution in [0.5, 0.6) is 5.75 Å². The number of likely N-dealkylation sites (N-methyl/N-ethyl adjacent to an activating group) is 1. The van der Waals surface area contributed by atoms with E-state index in [4.69, 9.17) is 9.47 Å². The summed E-state index contributed by atoms with van der Waals surface area (Å²) in [7, 11) is 4.66. The predicted octanol–water partition coefficient (Wildman–Crippen LogP) is 4.92. The number of aromatic nitrogens is 2. The van der Waals surface area contributed by atoms with Crippen LogP contribution in [0, 0.1) is 12.7 Å². The van der Waals surface area contributed by atoms with Crippen molar-refractivity contribution in [3.05, 3.63) is 58.7 Å². The first-order valence-electron chi connectivity index (χ1n) is 10.6. The number of fused-ring (bicyclic) bond motifs is 1. The number of rotatable bonds is 9. The number of alkyl halides is 2. The summed E-state index contributed by atoms with van der Waals surface area (Å²) in [6.45, 7) is 4.11. The number of amides is 1. The van der Waals surface area contributed by atoms with Crippen LogP contribution in [-0.2, 0) is 4.74 Å². The lowest BCUT2D eigenvalue weighted by Crippen LogP contribution is -2.30. The van der Waals surface area contributed by atoms with Gasteiger partial charge in [0.15, 0.2) is 0 Å². The van der Waals surface area contributed by atoms with Crippen molar-refractivity contribution in [3.63, 3.8) is 0 Å². The van der Waals surface area contributed by atoms with Gasteiger partial charge in [-0.1, -0.05) is 18.2 Å². The van der Waals surface area contributed by atoms with Crippen LogP contribution in [0.25, 0.3) is 10.9 Å². The standard InChI is InChI=1S/C24H27F3N4O3/c1-13(15-7-6-8-16(21(15)25)22(26)27)28-23-17-12-20(34-5)18(11-19(17)29-14(2)30-23)24(32)31(3)9-10-33-4/h6-8,11-13,22H,9-10H2,1-5H3,(H,28,29,30). The number of carbonyl (C=O) groups is 1. The van der Waals surface area contributed by atoms with E-state index in [0.29, 0.717) is 47.0 Å². The molecular weight excluding hydrogens is 449 g/mol. The number of anilines is 1. The Morgan fingerprint density at radius 1 is 1.18 bits per heavy atom. The summed E-state index contributed by atoms with van der Waals surface area (Å²) in [5, 5.41) is 3.63. The van der Waals surface area contributed by atoms with Gasteiger partial charge in [-0.15, -0.1) is 0 Å². The zero-order valence-corrected chi connectivity index (χ0v) is 19.7. The second-order valence-corrected chi connectivity index (χ2v) is 7.83. The maximum absolute atomic E-state index is 14.7. The number of methoxy groups -OCH3 is 2. The molecule has 0 radical (unpaired) electrons. The molecule has 34 heavy (non-hydrogen) atoms. The number of benzene rings is 2. The van der Waals surface area contributed by atoms with Crippen molar-refractivity contribution >= 4 is 22.6 Å². The predicted molar refractivity (Wildman–Crippen MR) is 123 cm³/mol. The molecule has 0 saturated heterocycles. The first-order chi connectivity index (χ1) is 16.2. The summed E-state index contributed by atoms with van der Waals surface area (Å²) in [5.41, 5.74) is 0.229. The van der Waals surface area contributed by atoms with E-state index in [0.717, 1.165) is 6.07 Å². The molecule has 0 spiro atoms. The number of nitrogens with zero attached hydrogens (tertiary/aromatic N) is 3. The fourth-order valence-corrected chi connectivity index (χ4v) is 3.61. The largest absolute Gasteiger partial charge is 0.496 e. The molecule has 2 aromatic carbocycles. The summed E-state index contributed by atoms with van der Waals surface area (Å²) >= 11 is 0. The molecule has 1 unspecified atom stereocenters. The fraction of sp³-hybridized carbons (Fsp3) is 0.375. The van der Waals surface area contributed by atoms with Gasteiger partial charge in [0.05, 0.1) is 36.4 Å². The minimum atomic E-state index is -2.92. The highest BCUT2D eigenvalue weighted by Gasteiger charge is 2.22. The molecule has 0 bridgehead atoms. The fourth-order valence-electron chi connectivity index (χ4n) is 3.61. The van der Waals surface area contributed by atoms with Gasteiger partial charge in [0, 0.05) is 31.7 Å². The quantitative estimate of drug-likeness (QED) is 0.473. The molecule has 1 aromatic heterocycles. The molecule has 1 heterocycles. The lowest BCUT2D eigenvalue weighted by atomic mass is 10.0. The van der Waals surface area contributed by atoms with Crippen LogP contribution in [0.2, 0.25) is 0 Å².